The van der Waals surface area contributed by atoms with Crippen molar-refractivity contribution in [3.63, 3.8) is 0 Å². The summed E-state index contributed by atoms with van der Waals surface area (Å²) in [6.45, 7) is 21.9. The van der Waals surface area contributed by atoms with Gasteiger partial charge in [-0.05, 0) is 130 Å². The van der Waals surface area contributed by atoms with Gasteiger partial charge in [-0.15, -0.1) is 4.99 Å². The third kappa shape index (κ3) is 24.6. The minimum Gasteiger partial charge on any atom is -0.543 e. The number of Topliss-reactive ketones (excluding diaryl/α,β-unsaturated/α-hetero) is 1. The Morgan fingerprint density at radius 3 is 1.80 bits per heavy atom. The number of esters is 1. The van der Waals surface area contributed by atoms with Gasteiger partial charge in [0, 0.05) is 31.3 Å². The molecule has 4 atom stereocenters. The van der Waals surface area contributed by atoms with E-state index in [1.54, 1.807) is 151 Å². The molecule has 0 saturated carbocycles. The van der Waals surface area contributed by atoms with Crippen molar-refractivity contribution in [2.45, 2.75) is 180 Å². The zero-order valence-electron chi connectivity index (χ0n) is 56.4. The van der Waals surface area contributed by atoms with Crippen molar-refractivity contribution in [2.75, 3.05) is 19.6 Å². The molecule has 4 aromatic rings. The highest BCUT2D eigenvalue weighted by molar-refractivity contribution is 6.78. The quantitative estimate of drug-likeness (QED) is 0.00326. The van der Waals surface area contributed by atoms with Gasteiger partial charge in [0.25, 0.3) is 14.2 Å². The number of nitrogens with zero attached hydrogens (tertiary/aromatic N) is 3. The van der Waals surface area contributed by atoms with Crippen LogP contribution in [0.5, 0.6) is 5.75 Å². The molecule has 95 heavy (non-hydrogen) atoms. The molecule has 8 amide bonds. The Balaban J connectivity index is 1.51. The Labute approximate surface area is 557 Å². The fourth-order valence-corrected chi connectivity index (χ4v) is 16.2. The maximum absolute atomic E-state index is 14.9. The molecule has 512 valence electrons. The number of amides is 8. The largest absolute Gasteiger partial charge is 0.543 e. The van der Waals surface area contributed by atoms with Crippen molar-refractivity contribution in [3.8, 4) is 5.75 Å². The summed E-state index contributed by atoms with van der Waals surface area (Å²) in [6, 6.07) is 27.4. The summed E-state index contributed by atoms with van der Waals surface area (Å²) in [4.78, 5) is 144. The second kappa shape index (κ2) is 36.1. The number of carbonyl (C=O) groups is 10. The monoisotopic (exact) mass is 1330 g/mol. The molecule has 0 aromatic heterocycles. The van der Waals surface area contributed by atoms with Crippen molar-refractivity contribution in [2.24, 2.45) is 10.7 Å². The van der Waals surface area contributed by atoms with Crippen molar-refractivity contribution in [1.29, 1.82) is 0 Å². The van der Waals surface area contributed by atoms with Crippen LogP contribution in [0.15, 0.2) is 138 Å². The molecule has 25 heteroatoms. The molecule has 5 rings (SSSR count). The molecule has 24 nitrogen and oxygen atoms in total. The summed E-state index contributed by atoms with van der Waals surface area (Å²) < 4.78 is 28.6. The van der Waals surface area contributed by atoms with Crippen LogP contribution in [0.25, 0.3) is 6.08 Å². The minimum atomic E-state index is -2.34. The second-order valence-electron chi connectivity index (χ2n) is 25.8. The van der Waals surface area contributed by atoms with Gasteiger partial charge in [0.05, 0.1) is 12.6 Å². The number of likely N-dealkylation sites (tertiary alicyclic amines) is 1. The normalized spacial score (nSPS) is 14.6. The molecule has 1 aliphatic rings. The lowest BCUT2D eigenvalue weighted by molar-refractivity contribution is -0.148. The summed E-state index contributed by atoms with van der Waals surface area (Å²) in [5.41, 5.74) is 8.00. The Morgan fingerprint density at radius 1 is 0.695 bits per heavy atom. The van der Waals surface area contributed by atoms with Crippen LogP contribution in [0.2, 0.25) is 16.6 Å². The van der Waals surface area contributed by atoms with Crippen molar-refractivity contribution >= 4 is 80.4 Å². The SMILES string of the molecule is CC(C)[Si](Oc1ccc(/C=C(/C=C/C(=O)OC(C)(C)C)NC(=O)[C@@H](Cc2ccccc2)NC(=O)C(=O)[C@H](CCCN(C(=O)OCc2ccccc2)/C(N)=N/C(=O)OCc2ccccc2)NC(=O)[C@@H]2CCCN2C(=O)[C@H](CNC(=O)OC(C)(C)C)NC=O)cc1)(C(C)C)C(C)C. The van der Waals surface area contributed by atoms with Gasteiger partial charge in [-0.25, -0.2) is 24.1 Å². The van der Waals surface area contributed by atoms with E-state index in [-0.39, 0.29) is 51.1 Å². The molecule has 0 bridgehead atoms. The number of nitrogens with two attached hydrogens (primary N) is 1. The molecule has 1 saturated heterocycles. The first-order valence-electron chi connectivity index (χ1n) is 31.8. The van der Waals surface area contributed by atoms with E-state index >= 15 is 0 Å². The van der Waals surface area contributed by atoms with E-state index < -0.39 is 123 Å². The summed E-state index contributed by atoms with van der Waals surface area (Å²) >= 11 is 0. The maximum Gasteiger partial charge on any atom is 0.437 e. The first-order chi connectivity index (χ1) is 44.9. The Kier molecular flexibility index (Phi) is 28.9. The number of hydrogen-bond donors (Lipinski definition) is 6. The fourth-order valence-electron chi connectivity index (χ4n) is 11.0. The molecule has 0 unspecified atom stereocenters. The van der Waals surface area contributed by atoms with E-state index in [1.165, 1.54) is 11.0 Å². The van der Waals surface area contributed by atoms with Gasteiger partial charge in [0.2, 0.25) is 35.9 Å². The van der Waals surface area contributed by atoms with Gasteiger partial charge in [-0.1, -0.05) is 145 Å². The highest BCUT2D eigenvalue weighted by Gasteiger charge is 2.47. The van der Waals surface area contributed by atoms with Crippen molar-refractivity contribution < 1.29 is 71.3 Å². The number of guanidine groups is 1. The number of nitrogens with one attached hydrogen (secondary N) is 5. The van der Waals surface area contributed by atoms with Crippen LogP contribution in [0.4, 0.5) is 14.4 Å². The molecular weight excluding hydrogens is 1230 g/mol. The molecule has 0 radical (unpaired) electrons. The van der Waals surface area contributed by atoms with E-state index in [9.17, 15) is 47.9 Å². The van der Waals surface area contributed by atoms with Crippen LogP contribution < -0.4 is 36.7 Å². The first kappa shape index (κ1) is 76.1. The summed E-state index contributed by atoms with van der Waals surface area (Å²) in [5, 5.41) is 12.9. The van der Waals surface area contributed by atoms with Gasteiger partial charge < -0.3 is 60.6 Å². The number of allylic oxidation sites excluding steroid dienone is 1. The lowest BCUT2D eigenvalue weighted by atomic mass is 10.0. The molecule has 7 N–H and O–H groups in total. The van der Waals surface area contributed by atoms with E-state index in [0.717, 1.165) is 11.0 Å². The highest BCUT2D eigenvalue weighted by Crippen LogP contribution is 2.43. The predicted molar refractivity (Wildman–Crippen MR) is 361 cm³/mol. The molecular formula is C70H93N9O15Si. The summed E-state index contributed by atoms with van der Waals surface area (Å²) in [5.74, 6) is -5.74. The van der Waals surface area contributed by atoms with Crippen LogP contribution in [0.3, 0.4) is 0 Å². The molecule has 0 aliphatic carbocycles. The van der Waals surface area contributed by atoms with Gasteiger partial charge in [0.1, 0.15) is 48.3 Å². The second-order valence-corrected chi connectivity index (χ2v) is 31.2. The summed E-state index contributed by atoms with van der Waals surface area (Å²) in [6.07, 6.45) is 0.802. The number of benzene rings is 4. The van der Waals surface area contributed by atoms with Crippen molar-refractivity contribution in [1.82, 2.24) is 36.4 Å². The van der Waals surface area contributed by atoms with Gasteiger partial charge >= 0.3 is 24.2 Å². The smallest absolute Gasteiger partial charge is 0.437 e. The molecule has 1 aliphatic heterocycles. The third-order valence-corrected chi connectivity index (χ3v) is 21.3. The number of aliphatic imine (C=N–C) groups is 1. The number of ketones is 1. The van der Waals surface area contributed by atoms with Gasteiger partial charge in [0.15, 0.2) is 0 Å². The third-order valence-electron chi connectivity index (χ3n) is 15.3. The number of hydrogen-bond acceptors (Lipinski definition) is 15. The summed E-state index contributed by atoms with van der Waals surface area (Å²) in [7, 11) is -2.34. The van der Waals surface area contributed by atoms with Crippen LogP contribution >= 0.6 is 0 Å². The van der Waals surface area contributed by atoms with E-state index in [1.807, 2.05) is 12.1 Å². The van der Waals surface area contributed by atoms with Crippen LogP contribution in [-0.2, 0) is 72.1 Å². The van der Waals surface area contributed by atoms with Crippen LogP contribution in [0, 0.1) is 0 Å². The van der Waals surface area contributed by atoms with Crippen LogP contribution in [0.1, 0.15) is 131 Å². The maximum atomic E-state index is 14.9. The topological polar surface area (TPSA) is 322 Å². The van der Waals surface area contributed by atoms with Gasteiger partial charge in [-0.2, -0.15) is 0 Å². The lowest BCUT2D eigenvalue weighted by Gasteiger charge is -2.42. The predicted octanol–water partition coefficient (Wildman–Crippen LogP) is 9.08. The standard InChI is InChI=1S/C70H93N9O15Si/c1-46(2)95(47(3)4,48(5)6)94-54-35-32-50(33-36-54)40-53(34-37-59(81)92-69(7,8)9)74-61(83)56(41-49-24-16-13-17-25-49)76-63(85)60(82)55(75-62(84)58-31-23-38-78(58)64(86)57(73-45-80)42-72-66(87)93-70(10,11)12)30-22-39-79(68(89)91-44-52-28-20-15-21-29-52)65(71)77-67(88)90-43-51-26-18-14-19-27-51/h13-21,24-29,32-37,40,45-48,55-58H,22-23,30-31,38-39,41-44H2,1-12H3,(H,72,87)(H,73,80)(H,74,83)(H,75,84)(H,76,85)(H2,71,77,88)/b37-34+,53-40-/t55-,56+,57-,58-/m0/s1. The minimum absolute atomic E-state index is 0.0161. The number of ether oxygens (including phenoxy) is 4. The average molecular weight is 1330 g/mol. The zero-order valence-corrected chi connectivity index (χ0v) is 57.4. The zero-order chi connectivity index (χ0) is 70.0. The van der Waals surface area contributed by atoms with E-state index in [2.05, 4.69) is 73.1 Å². The molecule has 0 spiro atoms. The van der Waals surface area contributed by atoms with Crippen LogP contribution in [-0.4, -0.2) is 139 Å². The van der Waals surface area contributed by atoms with Crippen molar-refractivity contribution in [3.05, 3.63) is 155 Å². The molecule has 1 fully saturated rings. The molecule has 4 aromatic carbocycles. The number of alkyl carbamates (subject to hydrolysis) is 1. The fraction of sp³-hybridized carbons (Fsp3) is 0.443. The average Bonchev–Trinajstić information content (AvgIpc) is 0.929. The number of rotatable bonds is 30. The number of carbonyl (C=O) groups excluding carboxylic acids is 10. The molecule has 1 heterocycles. The van der Waals surface area contributed by atoms with Gasteiger partial charge in [-0.3, -0.25) is 28.8 Å². The Hall–Kier alpha value is -9.65. The van der Waals surface area contributed by atoms with E-state index in [0.29, 0.717) is 51.0 Å². The first-order valence-corrected chi connectivity index (χ1v) is 33.9. The lowest BCUT2D eigenvalue weighted by Crippen LogP contribution is -2.58. The highest BCUT2D eigenvalue weighted by atomic mass is 28.4. The Bertz CT molecular complexity index is 3330. The Morgan fingerprint density at radius 2 is 1.25 bits per heavy atom. The van der Waals surface area contributed by atoms with E-state index in [4.69, 9.17) is 29.1 Å².